The van der Waals surface area contributed by atoms with Crippen molar-refractivity contribution in [3.63, 3.8) is 0 Å². The van der Waals surface area contributed by atoms with Gasteiger partial charge in [0.25, 0.3) is 10.0 Å². The fraction of sp³-hybridized carbons (Fsp3) is 0.174. The lowest BCUT2D eigenvalue weighted by Crippen LogP contribution is -2.18. The Hall–Kier alpha value is -3.92. The van der Waals surface area contributed by atoms with Crippen LogP contribution >= 0.6 is 0 Å². The SMILES string of the molecule is COc1ccc(CNc2nc(-c3cccnc3)nn2S(=O)(=O)c2ccc(C)cc2)cc1OC. The van der Waals surface area contributed by atoms with Gasteiger partial charge in [0.2, 0.25) is 5.95 Å². The van der Waals surface area contributed by atoms with Gasteiger partial charge in [-0.1, -0.05) is 23.8 Å². The molecule has 0 aliphatic carbocycles. The van der Waals surface area contributed by atoms with Crippen molar-refractivity contribution in [1.29, 1.82) is 0 Å². The predicted octanol–water partition coefficient (Wildman–Crippen LogP) is 3.51. The molecule has 0 fully saturated rings. The molecule has 2 heterocycles. The van der Waals surface area contributed by atoms with Crippen LogP contribution in [0.4, 0.5) is 5.95 Å². The highest BCUT2D eigenvalue weighted by Crippen LogP contribution is 2.28. The Labute approximate surface area is 192 Å². The molecule has 4 rings (SSSR count). The summed E-state index contributed by atoms with van der Waals surface area (Å²) in [5.41, 5.74) is 2.40. The van der Waals surface area contributed by atoms with Crippen LogP contribution in [0, 0.1) is 6.92 Å². The van der Waals surface area contributed by atoms with Crippen molar-refractivity contribution in [2.45, 2.75) is 18.4 Å². The highest BCUT2D eigenvalue weighted by Gasteiger charge is 2.24. The topological polar surface area (TPSA) is 108 Å². The van der Waals surface area contributed by atoms with Crippen LogP contribution in [0.1, 0.15) is 11.1 Å². The Balaban J connectivity index is 1.72. The molecule has 0 saturated carbocycles. The highest BCUT2D eigenvalue weighted by atomic mass is 32.2. The first kappa shape index (κ1) is 22.3. The zero-order valence-corrected chi connectivity index (χ0v) is 19.2. The van der Waals surface area contributed by atoms with E-state index in [2.05, 4.69) is 20.4 Å². The number of nitrogens with one attached hydrogen (secondary N) is 1. The number of hydrogen-bond acceptors (Lipinski definition) is 8. The maximum atomic E-state index is 13.4. The molecule has 9 nitrogen and oxygen atoms in total. The Morgan fingerprint density at radius 2 is 1.76 bits per heavy atom. The third kappa shape index (κ3) is 4.65. The molecule has 170 valence electrons. The Kier molecular flexibility index (Phi) is 6.27. The smallest absolute Gasteiger partial charge is 0.286 e. The van der Waals surface area contributed by atoms with Crippen LogP contribution in [0.3, 0.4) is 0 Å². The van der Waals surface area contributed by atoms with E-state index in [0.29, 0.717) is 17.1 Å². The molecule has 10 heteroatoms. The second-order valence-corrected chi connectivity index (χ2v) is 8.97. The number of nitrogens with zero attached hydrogens (tertiary/aromatic N) is 4. The Bertz CT molecular complexity index is 1350. The molecule has 0 unspecified atom stereocenters. The molecule has 4 aromatic rings. The molecule has 33 heavy (non-hydrogen) atoms. The number of ether oxygens (including phenoxy) is 2. The molecule has 0 bridgehead atoms. The maximum Gasteiger partial charge on any atom is 0.286 e. The quantitative estimate of drug-likeness (QED) is 0.421. The van der Waals surface area contributed by atoms with Crippen LogP contribution in [0.2, 0.25) is 0 Å². The van der Waals surface area contributed by atoms with Crippen LogP contribution in [-0.4, -0.2) is 41.8 Å². The van der Waals surface area contributed by atoms with E-state index < -0.39 is 10.0 Å². The second kappa shape index (κ2) is 9.29. The number of pyridine rings is 1. The van der Waals surface area contributed by atoms with Gasteiger partial charge in [0, 0.05) is 24.5 Å². The lowest BCUT2D eigenvalue weighted by atomic mass is 10.2. The van der Waals surface area contributed by atoms with Gasteiger partial charge >= 0.3 is 0 Å². The average Bonchev–Trinajstić information content (AvgIpc) is 3.28. The molecule has 0 aliphatic heterocycles. The van der Waals surface area contributed by atoms with Crippen LogP contribution in [-0.2, 0) is 16.6 Å². The van der Waals surface area contributed by atoms with Crippen LogP contribution < -0.4 is 14.8 Å². The molecule has 2 aromatic carbocycles. The van der Waals surface area contributed by atoms with Gasteiger partial charge in [0.05, 0.1) is 19.1 Å². The fourth-order valence-electron chi connectivity index (χ4n) is 3.17. The van der Waals surface area contributed by atoms with Crippen molar-refractivity contribution in [2.75, 3.05) is 19.5 Å². The van der Waals surface area contributed by atoms with Crippen LogP contribution in [0.25, 0.3) is 11.4 Å². The van der Waals surface area contributed by atoms with E-state index in [1.807, 2.05) is 19.1 Å². The number of rotatable bonds is 8. The minimum absolute atomic E-state index is 0.0872. The summed E-state index contributed by atoms with van der Waals surface area (Å²) in [7, 11) is -0.867. The first-order valence-corrected chi connectivity index (χ1v) is 11.5. The second-order valence-electron chi connectivity index (χ2n) is 7.20. The van der Waals surface area contributed by atoms with Crippen molar-refractivity contribution in [3.8, 4) is 22.9 Å². The summed E-state index contributed by atoms with van der Waals surface area (Å²) >= 11 is 0. The molecular weight excluding hydrogens is 442 g/mol. The van der Waals surface area contributed by atoms with Crippen LogP contribution in [0.15, 0.2) is 71.9 Å². The summed E-state index contributed by atoms with van der Waals surface area (Å²) in [6, 6.07) is 15.5. The van der Waals surface area contributed by atoms with Crippen molar-refractivity contribution in [3.05, 3.63) is 78.1 Å². The first-order valence-electron chi connectivity index (χ1n) is 10.1. The summed E-state index contributed by atoms with van der Waals surface area (Å²) in [4.78, 5) is 8.64. The third-order valence-electron chi connectivity index (χ3n) is 4.94. The van der Waals surface area contributed by atoms with Gasteiger partial charge in [0.15, 0.2) is 17.3 Å². The number of aromatic nitrogens is 4. The summed E-state index contributed by atoms with van der Waals surface area (Å²) in [6.45, 7) is 2.18. The molecule has 0 amide bonds. The largest absolute Gasteiger partial charge is 0.493 e. The molecule has 1 N–H and O–H groups in total. The van der Waals surface area contributed by atoms with Crippen molar-refractivity contribution in [1.82, 2.24) is 19.2 Å². The zero-order valence-electron chi connectivity index (χ0n) is 18.4. The third-order valence-corrected chi connectivity index (χ3v) is 6.52. The Morgan fingerprint density at radius 3 is 2.42 bits per heavy atom. The van der Waals surface area contributed by atoms with Gasteiger partial charge < -0.3 is 14.8 Å². The van der Waals surface area contributed by atoms with Gasteiger partial charge in [-0.25, -0.2) is 0 Å². The molecule has 0 radical (unpaired) electrons. The van der Waals surface area contributed by atoms with Crippen molar-refractivity contribution < 1.29 is 17.9 Å². The molecule has 0 spiro atoms. The summed E-state index contributed by atoms with van der Waals surface area (Å²) in [5, 5.41) is 7.38. The summed E-state index contributed by atoms with van der Waals surface area (Å²) in [6.07, 6.45) is 3.20. The number of hydrogen-bond donors (Lipinski definition) is 1. The Morgan fingerprint density at radius 1 is 1.00 bits per heavy atom. The number of anilines is 1. The van der Waals surface area contributed by atoms with E-state index in [4.69, 9.17) is 9.47 Å². The minimum atomic E-state index is -3.99. The lowest BCUT2D eigenvalue weighted by Gasteiger charge is -2.11. The minimum Gasteiger partial charge on any atom is -0.493 e. The van der Waals surface area contributed by atoms with E-state index in [-0.39, 0.29) is 23.2 Å². The molecule has 0 atom stereocenters. The predicted molar refractivity (Wildman–Crippen MR) is 124 cm³/mol. The summed E-state index contributed by atoms with van der Waals surface area (Å²) < 4.78 is 38.3. The lowest BCUT2D eigenvalue weighted by molar-refractivity contribution is 0.354. The number of methoxy groups -OCH3 is 2. The van der Waals surface area contributed by atoms with E-state index in [1.54, 1.807) is 69.1 Å². The molecule has 0 aliphatic rings. The molecular formula is C23H23N5O4S. The van der Waals surface area contributed by atoms with Gasteiger partial charge in [-0.3, -0.25) is 4.98 Å². The fourth-order valence-corrected chi connectivity index (χ4v) is 4.37. The highest BCUT2D eigenvalue weighted by molar-refractivity contribution is 7.90. The maximum absolute atomic E-state index is 13.4. The van der Waals surface area contributed by atoms with Gasteiger partial charge in [-0.15, -0.1) is 9.19 Å². The molecule has 0 saturated heterocycles. The first-order chi connectivity index (χ1) is 15.9. The van der Waals surface area contributed by atoms with Crippen molar-refractivity contribution >= 4 is 16.0 Å². The number of benzene rings is 2. The standard InChI is InChI=1S/C23H23N5O4S/c1-16-6-9-19(10-7-16)33(29,30)28-23(26-22(27-28)18-5-4-12-24-15-18)25-14-17-8-11-20(31-2)21(13-17)32-3/h4-13,15H,14H2,1-3H3,(H,25,26,27). The zero-order chi connectivity index (χ0) is 23.4. The van der Waals surface area contributed by atoms with Gasteiger partial charge in [-0.2, -0.15) is 13.4 Å². The average molecular weight is 466 g/mol. The summed E-state index contributed by atoms with van der Waals surface area (Å²) in [5.74, 6) is 1.50. The van der Waals surface area contributed by atoms with E-state index in [1.165, 1.54) is 0 Å². The number of aryl methyl sites for hydroxylation is 1. The van der Waals surface area contributed by atoms with E-state index in [0.717, 1.165) is 15.2 Å². The monoisotopic (exact) mass is 465 g/mol. The van der Waals surface area contributed by atoms with Gasteiger partial charge in [0.1, 0.15) is 0 Å². The molecule has 2 aromatic heterocycles. The van der Waals surface area contributed by atoms with E-state index in [9.17, 15) is 8.42 Å². The van der Waals surface area contributed by atoms with Gasteiger partial charge in [-0.05, 0) is 48.9 Å². The van der Waals surface area contributed by atoms with Crippen LogP contribution in [0.5, 0.6) is 11.5 Å². The van der Waals surface area contributed by atoms with Crippen molar-refractivity contribution in [2.24, 2.45) is 0 Å². The van der Waals surface area contributed by atoms with E-state index >= 15 is 0 Å². The normalized spacial score (nSPS) is 11.2.